The van der Waals surface area contributed by atoms with Gasteiger partial charge in [0.15, 0.2) is 17.9 Å². The number of nitrogens with one attached hydrogen (secondary N) is 19. The van der Waals surface area contributed by atoms with Crippen LogP contribution in [0.2, 0.25) is 0 Å². The second kappa shape index (κ2) is 60.8. The van der Waals surface area contributed by atoms with Crippen LogP contribution < -0.4 is 131 Å². The third kappa shape index (κ3) is 41.0. The fourth-order valence-electron chi connectivity index (χ4n) is 14.0. The molecular weight excluding hydrogens is 1740 g/mol. The van der Waals surface area contributed by atoms with Crippen LogP contribution in [0.5, 0.6) is 5.75 Å². The Morgan fingerprint density at radius 3 is 0.977 bits per heavy atom. The maximum atomic E-state index is 14.7. The maximum absolute atomic E-state index is 14.7. The number of carboxylic acid groups (broad SMARTS) is 2. The first-order valence-electron chi connectivity index (χ1n) is 43.2. The third-order valence-corrected chi connectivity index (χ3v) is 21.0. The number of nitrogens with zero attached hydrogens (tertiary/aromatic N) is 2. The van der Waals surface area contributed by atoms with Gasteiger partial charge in [0, 0.05) is 45.6 Å². The molecule has 0 bridgehead atoms. The summed E-state index contributed by atoms with van der Waals surface area (Å²) in [6.45, 7) is -5.03. The Balaban J connectivity index is 1.92. The van der Waals surface area contributed by atoms with Crippen molar-refractivity contribution >= 4 is 124 Å². The molecule has 2 aliphatic heterocycles. The number of aliphatic hydroxyl groups excluding tert-OH is 4. The first kappa shape index (κ1) is 113. The molecule has 132 heavy (non-hydrogen) atoms. The van der Waals surface area contributed by atoms with E-state index in [0.717, 1.165) is 9.80 Å². The summed E-state index contributed by atoms with van der Waals surface area (Å²) in [4.78, 5) is 251. The molecule has 15 unspecified atom stereocenters. The lowest BCUT2D eigenvalue weighted by Gasteiger charge is -2.32. The molecule has 0 aromatic heterocycles. The van der Waals surface area contributed by atoms with Gasteiger partial charge in [-0.1, -0.05) is 12.1 Å². The SMILES string of the molecule is N=C(N)NCCCC(NC(=O)C(CCCNC(=N)N)NC(=O)C(CCCNC(=N)N)NC(=O)C(CCC(=O)O)NC(=O)C(CO)NC(=O)C1CCCN1C(=O)C(CC(=O)O)NC(=O)C(CCCCN)NC(=O)C1CCCN1C(=O)C(CCCCN)NC(=O)C(CO)NC(=O)C(CCCCN)NC(=O)C(CO)NC(=O)C(CO)NC(=O)CN)C(=O)NC(Cc1ccc(O)cc1)C(N)=O. The summed E-state index contributed by atoms with van der Waals surface area (Å²) in [6.07, 6.45) is -2.69. The number of phenols is 1. The van der Waals surface area contributed by atoms with E-state index in [-0.39, 0.29) is 174 Å². The van der Waals surface area contributed by atoms with Crippen molar-refractivity contribution in [2.45, 2.75) is 238 Å². The average Bonchev–Trinajstić information content (AvgIpc) is 1.68. The van der Waals surface area contributed by atoms with Gasteiger partial charge in [-0.15, -0.1) is 0 Å². The summed E-state index contributed by atoms with van der Waals surface area (Å²) in [5.74, 6) is -21.7. The molecule has 0 aliphatic carbocycles. The Morgan fingerprint density at radius 2 is 0.644 bits per heavy atom. The minimum Gasteiger partial charge on any atom is -0.508 e. The van der Waals surface area contributed by atoms with E-state index in [2.05, 4.69) is 85.1 Å². The zero-order valence-electron chi connectivity index (χ0n) is 73.4. The summed E-state index contributed by atoms with van der Waals surface area (Å²) >= 11 is 0. The average molecular weight is 1880 g/mol. The lowest BCUT2D eigenvalue weighted by Crippen LogP contribution is -2.61. The number of hydrogen-bond donors (Lipinski definition) is 34. The molecule has 42 N–H and O–H groups in total. The van der Waals surface area contributed by atoms with Gasteiger partial charge in [-0.25, -0.2) is 0 Å². The number of guanidine groups is 3. The van der Waals surface area contributed by atoms with E-state index < -0.39 is 267 Å². The molecule has 15 atom stereocenters. The van der Waals surface area contributed by atoms with Crippen molar-refractivity contribution in [3.8, 4) is 5.75 Å². The summed E-state index contributed by atoms with van der Waals surface area (Å²) in [5, 5.41) is 132. The van der Waals surface area contributed by atoms with Gasteiger partial charge in [0.2, 0.25) is 94.5 Å². The van der Waals surface area contributed by atoms with Gasteiger partial charge in [-0.05, 0) is 166 Å². The molecule has 54 heteroatoms. The number of hydrogen-bond acceptors (Lipinski definition) is 30. The van der Waals surface area contributed by atoms with Crippen LogP contribution in [-0.2, 0) is 92.7 Å². The predicted molar refractivity (Wildman–Crippen MR) is 468 cm³/mol. The standard InChI is InChI=1S/C78H133N29O25/c79-26-4-1-12-43(97-69(126)53(38-109)104-68(125)52(37-108)93-58(113)36-82)66(123)103-54(39-110)71(128)100-49(14-3-6-28-81)74(131)106-32-10-18-56(106)72(129)99-44(13-2-5-27-80)65(122)102-51(35-60(116)117)75(132)107-33-11-19-57(107)73(130)105-55(40-111)70(127)98-48(24-25-59(114)115)67(124)96-46(16-8-30-91-77(86)87)63(120)94-45(15-7-29-90-76(84)85)62(119)95-47(17-9-31-92-78(88)89)64(121)101-50(61(83)118)34-41-20-22-42(112)23-21-41/h20-23,43-57,108-112H,1-19,24-40,79-82H2,(H2,83,118)(H,93,113)(H,94,120)(H,95,119)(H,96,124)(H,97,126)(H,98,127)(H,99,129)(H,100,128)(H,101,121)(H,102,122)(H,103,123)(H,104,125)(H,105,130)(H,114,115)(H,116,117)(H4,84,85,90)(H4,86,87,91)(H4,88,89,92). The third-order valence-electron chi connectivity index (χ3n) is 21.0. The van der Waals surface area contributed by atoms with Crippen molar-refractivity contribution in [1.82, 2.24) is 94.9 Å². The molecule has 0 spiro atoms. The molecule has 16 amide bonds. The van der Waals surface area contributed by atoms with Crippen LogP contribution in [0.25, 0.3) is 0 Å². The summed E-state index contributed by atoms with van der Waals surface area (Å²) < 4.78 is 0. The molecule has 2 heterocycles. The van der Waals surface area contributed by atoms with E-state index in [1.165, 1.54) is 24.3 Å². The fourth-order valence-corrected chi connectivity index (χ4v) is 14.0. The van der Waals surface area contributed by atoms with Crippen molar-refractivity contribution in [2.24, 2.45) is 45.9 Å². The number of aliphatic hydroxyl groups is 4. The molecule has 54 nitrogen and oxygen atoms in total. The molecule has 1 aromatic carbocycles. The largest absolute Gasteiger partial charge is 0.508 e. The first-order valence-corrected chi connectivity index (χ1v) is 43.2. The minimum atomic E-state index is -2.02. The second-order valence-electron chi connectivity index (χ2n) is 31.3. The number of unbranched alkanes of at least 4 members (excludes halogenated alkanes) is 3. The number of amides is 16. The lowest BCUT2D eigenvalue weighted by atomic mass is 10.0. The van der Waals surface area contributed by atoms with Gasteiger partial charge < -0.3 is 176 Å². The number of aliphatic carboxylic acids is 2. The van der Waals surface area contributed by atoms with Gasteiger partial charge in [0.25, 0.3) is 0 Å². The highest BCUT2D eigenvalue weighted by molar-refractivity contribution is 6.02. The summed E-state index contributed by atoms with van der Waals surface area (Å²) in [5.41, 5.74) is 45.1. The van der Waals surface area contributed by atoms with Crippen molar-refractivity contribution in [1.29, 1.82) is 16.2 Å². The number of rotatable bonds is 64. The van der Waals surface area contributed by atoms with Crippen molar-refractivity contribution in [2.75, 3.05) is 85.3 Å². The molecule has 740 valence electrons. The Kier molecular flexibility index (Phi) is 52.1. The maximum Gasteiger partial charge on any atom is 0.305 e. The van der Waals surface area contributed by atoms with Crippen LogP contribution in [0.15, 0.2) is 24.3 Å². The topological polar surface area (TPSA) is 928 Å². The van der Waals surface area contributed by atoms with Gasteiger partial charge in [-0.2, -0.15) is 0 Å². The van der Waals surface area contributed by atoms with E-state index in [0.29, 0.717) is 18.4 Å². The predicted octanol–water partition coefficient (Wildman–Crippen LogP) is -13.9. The Bertz CT molecular complexity index is 4060. The normalized spacial score (nSPS) is 16.3. The summed E-state index contributed by atoms with van der Waals surface area (Å²) in [6, 6.07) is -19.2. The van der Waals surface area contributed by atoms with Crippen LogP contribution in [0.3, 0.4) is 0 Å². The number of benzene rings is 1. The Labute approximate surface area is 759 Å². The number of carbonyl (C=O) groups is 18. The van der Waals surface area contributed by atoms with Gasteiger partial charge >= 0.3 is 11.9 Å². The Hall–Kier alpha value is -13.0. The summed E-state index contributed by atoms with van der Waals surface area (Å²) in [7, 11) is 0. The van der Waals surface area contributed by atoms with E-state index in [1.807, 2.05) is 0 Å². The van der Waals surface area contributed by atoms with E-state index >= 15 is 0 Å². The van der Waals surface area contributed by atoms with Crippen LogP contribution in [-0.4, -0.2) is 346 Å². The quantitative estimate of drug-likeness (QED) is 0.0164. The number of carbonyl (C=O) groups excluding carboxylic acids is 16. The molecule has 1 aromatic rings. The van der Waals surface area contributed by atoms with Crippen LogP contribution in [0.4, 0.5) is 0 Å². The lowest BCUT2D eigenvalue weighted by molar-refractivity contribution is -0.146. The molecule has 2 fully saturated rings. The zero-order chi connectivity index (χ0) is 98.7. The van der Waals surface area contributed by atoms with Crippen LogP contribution >= 0.6 is 0 Å². The molecule has 3 rings (SSSR count). The van der Waals surface area contributed by atoms with Crippen LogP contribution in [0, 0.1) is 16.2 Å². The number of nitrogens with two attached hydrogens (primary N) is 8. The van der Waals surface area contributed by atoms with E-state index in [4.69, 9.17) is 62.1 Å². The molecule has 2 saturated heterocycles. The van der Waals surface area contributed by atoms with Gasteiger partial charge in [-0.3, -0.25) is 103 Å². The number of phenolic OH excluding ortho intramolecular Hbond substituents is 1. The van der Waals surface area contributed by atoms with E-state index in [1.54, 1.807) is 0 Å². The molecule has 2 aliphatic rings. The fraction of sp³-hybridized carbons (Fsp3) is 0.654. The van der Waals surface area contributed by atoms with Crippen molar-refractivity contribution in [3.05, 3.63) is 29.8 Å². The zero-order valence-corrected chi connectivity index (χ0v) is 73.4. The van der Waals surface area contributed by atoms with E-state index in [9.17, 15) is 122 Å². The number of likely N-dealkylation sites (tertiary alicyclic amines) is 2. The van der Waals surface area contributed by atoms with Crippen molar-refractivity contribution in [3.63, 3.8) is 0 Å². The van der Waals surface area contributed by atoms with Crippen LogP contribution in [0.1, 0.15) is 147 Å². The molecule has 0 saturated carbocycles. The smallest absolute Gasteiger partial charge is 0.305 e. The van der Waals surface area contributed by atoms with Crippen molar-refractivity contribution < 1.29 is 122 Å². The monoisotopic (exact) mass is 1880 g/mol. The second-order valence-corrected chi connectivity index (χ2v) is 31.3. The van der Waals surface area contributed by atoms with Gasteiger partial charge in [0.1, 0.15) is 96.4 Å². The minimum absolute atomic E-state index is 0.00788. The molecule has 0 radical (unpaired) electrons. The number of carboxylic acids is 2. The van der Waals surface area contributed by atoms with Gasteiger partial charge in [0.05, 0.1) is 39.4 Å². The molecular formula is C78H133N29O25. The Morgan fingerprint density at radius 1 is 0.356 bits per heavy atom. The highest BCUT2D eigenvalue weighted by Gasteiger charge is 2.44. The first-order chi connectivity index (χ1) is 62.7. The number of aromatic hydroxyl groups is 1. The highest BCUT2D eigenvalue weighted by Crippen LogP contribution is 2.24. The highest BCUT2D eigenvalue weighted by atomic mass is 16.4. The number of primary amides is 1.